The van der Waals surface area contributed by atoms with Gasteiger partial charge in [0.15, 0.2) is 0 Å². The number of hydrogen-bond acceptors (Lipinski definition) is 6. The van der Waals surface area contributed by atoms with Crippen LogP contribution in [0.15, 0.2) is 58.1 Å². The van der Waals surface area contributed by atoms with Crippen LogP contribution in [-0.2, 0) is 0 Å². The molecule has 1 aliphatic rings. The molecule has 0 aromatic heterocycles. The molecule has 0 atom stereocenters. The third-order valence-corrected chi connectivity index (χ3v) is 5.82. The van der Waals surface area contributed by atoms with Gasteiger partial charge in [0.1, 0.15) is 11.4 Å². The molecule has 0 unspecified atom stereocenters. The molecule has 0 amide bonds. The SMILES string of the molecule is O=c1c(NCCN2CCN(c3ccc(Cl)cc3)CC2)c(Nc2ccc(Cl)cc2)c1=O. The van der Waals surface area contributed by atoms with Crippen LogP contribution < -0.4 is 26.4 Å². The quantitative estimate of drug-likeness (QED) is 0.543. The lowest BCUT2D eigenvalue weighted by atomic mass is 10.1. The molecule has 0 radical (unpaired) electrons. The largest absolute Gasteiger partial charge is 0.379 e. The van der Waals surface area contributed by atoms with E-state index < -0.39 is 10.9 Å². The Morgan fingerprint density at radius 2 is 1.33 bits per heavy atom. The molecule has 1 heterocycles. The smallest absolute Gasteiger partial charge is 0.253 e. The number of hydrogen-bond donors (Lipinski definition) is 2. The number of nitrogens with zero attached hydrogens (tertiary/aromatic N) is 2. The van der Waals surface area contributed by atoms with Crippen molar-refractivity contribution in [2.45, 2.75) is 0 Å². The van der Waals surface area contributed by atoms with Crippen LogP contribution in [0.3, 0.4) is 0 Å². The fourth-order valence-corrected chi connectivity index (χ4v) is 3.83. The van der Waals surface area contributed by atoms with Gasteiger partial charge in [0.25, 0.3) is 10.9 Å². The van der Waals surface area contributed by atoms with Crippen molar-refractivity contribution >= 4 is 46.0 Å². The molecular weight excluding hydrogens is 423 g/mol. The van der Waals surface area contributed by atoms with E-state index in [2.05, 4.69) is 20.4 Å². The van der Waals surface area contributed by atoms with Gasteiger partial charge in [-0.3, -0.25) is 14.5 Å². The first-order chi connectivity index (χ1) is 14.5. The number of piperazine rings is 1. The molecule has 0 aliphatic carbocycles. The van der Waals surface area contributed by atoms with Gasteiger partial charge in [-0.05, 0) is 48.5 Å². The van der Waals surface area contributed by atoms with Crippen LogP contribution in [-0.4, -0.2) is 44.2 Å². The van der Waals surface area contributed by atoms with Gasteiger partial charge in [0, 0.05) is 60.7 Å². The molecule has 2 N–H and O–H groups in total. The summed E-state index contributed by atoms with van der Waals surface area (Å²) in [5, 5.41) is 7.49. The minimum Gasteiger partial charge on any atom is -0.379 e. The molecule has 3 aromatic rings. The van der Waals surface area contributed by atoms with Gasteiger partial charge in [0.05, 0.1) is 0 Å². The summed E-state index contributed by atoms with van der Waals surface area (Å²) in [5.74, 6) is 0. The molecule has 8 heteroatoms. The maximum absolute atomic E-state index is 12.0. The molecule has 1 saturated heterocycles. The van der Waals surface area contributed by atoms with E-state index in [-0.39, 0.29) is 0 Å². The van der Waals surface area contributed by atoms with Gasteiger partial charge in [-0.25, -0.2) is 0 Å². The van der Waals surface area contributed by atoms with Gasteiger partial charge in [-0.15, -0.1) is 0 Å². The highest BCUT2D eigenvalue weighted by Gasteiger charge is 2.22. The highest BCUT2D eigenvalue weighted by atomic mass is 35.5. The highest BCUT2D eigenvalue weighted by Crippen LogP contribution is 2.22. The van der Waals surface area contributed by atoms with Crippen molar-refractivity contribution in [3.63, 3.8) is 0 Å². The van der Waals surface area contributed by atoms with Gasteiger partial charge in [0.2, 0.25) is 0 Å². The number of anilines is 4. The molecule has 1 aliphatic heterocycles. The van der Waals surface area contributed by atoms with Gasteiger partial charge in [-0.1, -0.05) is 23.2 Å². The van der Waals surface area contributed by atoms with Gasteiger partial charge in [-0.2, -0.15) is 0 Å². The van der Waals surface area contributed by atoms with E-state index in [1.165, 1.54) is 5.69 Å². The summed E-state index contributed by atoms with van der Waals surface area (Å²) < 4.78 is 0. The van der Waals surface area contributed by atoms with Gasteiger partial charge >= 0.3 is 0 Å². The first-order valence-electron chi connectivity index (χ1n) is 9.84. The summed E-state index contributed by atoms with van der Waals surface area (Å²) in [4.78, 5) is 28.6. The third-order valence-electron chi connectivity index (χ3n) is 5.32. The maximum Gasteiger partial charge on any atom is 0.253 e. The molecule has 6 nitrogen and oxygen atoms in total. The Bertz CT molecular complexity index is 1070. The summed E-state index contributed by atoms with van der Waals surface area (Å²) in [6, 6.07) is 14.9. The monoisotopic (exact) mass is 444 g/mol. The van der Waals surface area contributed by atoms with Crippen molar-refractivity contribution in [3.8, 4) is 0 Å². The highest BCUT2D eigenvalue weighted by molar-refractivity contribution is 6.30. The molecule has 1 fully saturated rings. The average Bonchev–Trinajstić information content (AvgIpc) is 2.77. The summed E-state index contributed by atoms with van der Waals surface area (Å²) in [5.41, 5.74) is 1.60. The zero-order valence-corrected chi connectivity index (χ0v) is 17.8. The molecule has 30 heavy (non-hydrogen) atoms. The topological polar surface area (TPSA) is 64.7 Å². The van der Waals surface area contributed by atoms with E-state index in [0.717, 1.165) is 37.7 Å². The van der Waals surface area contributed by atoms with Crippen LogP contribution in [0.2, 0.25) is 10.0 Å². The second-order valence-electron chi connectivity index (χ2n) is 7.27. The van der Waals surface area contributed by atoms with Crippen molar-refractivity contribution in [3.05, 3.63) is 79.0 Å². The standard InChI is InChI=1S/C22H22Cl2N4O2/c23-15-1-5-17(6-2-15)26-20-19(21(29)22(20)30)25-9-10-27-11-13-28(14-12-27)18-7-3-16(24)4-8-18/h1-8,25-26H,9-14H2. The predicted molar refractivity (Wildman–Crippen MR) is 125 cm³/mol. The fourth-order valence-electron chi connectivity index (χ4n) is 3.58. The van der Waals surface area contributed by atoms with Crippen molar-refractivity contribution < 1.29 is 0 Å². The second-order valence-corrected chi connectivity index (χ2v) is 8.14. The van der Waals surface area contributed by atoms with Crippen LogP contribution in [0.1, 0.15) is 0 Å². The lowest BCUT2D eigenvalue weighted by Gasteiger charge is -2.36. The number of nitrogens with one attached hydrogen (secondary N) is 2. The molecule has 0 spiro atoms. The van der Waals surface area contributed by atoms with Crippen LogP contribution in [0.25, 0.3) is 0 Å². The zero-order valence-electron chi connectivity index (χ0n) is 16.3. The van der Waals surface area contributed by atoms with Crippen molar-refractivity contribution in [2.75, 3.05) is 54.8 Å². The number of rotatable bonds is 7. The Balaban J connectivity index is 1.27. The third kappa shape index (κ3) is 4.61. The van der Waals surface area contributed by atoms with Crippen molar-refractivity contribution in [1.29, 1.82) is 0 Å². The van der Waals surface area contributed by atoms with E-state index in [1.54, 1.807) is 24.3 Å². The Morgan fingerprint density at radius 1 is 0.767 bits per heavy atom. The van der Waals surface area contributed by atoms with E-state index in [9.17, 15) is 9.59 Å². The van der Waals surface area contributed by atoms with Crippen LogP contribution in [0.5, 0.6) is 0 Å². The van der Waals surface area contributed by atoms with Crippen LogP contribution in [0.4, 0.5) is 22.7 Å². The van der Waals surface area contributed by atoms with E-state index in [4.69, 9.17) is 23.2 Å². The molecule has 4 rings (SSSR count). The Hall–Kier alpha value is -2.54. The lowest BCUT2D eigenvalue weighted by Crippen LogP contribution is -2.48. The van der Waals surface area contributed by atoms with Crippen molar-refractivity contribution in [2.24, 2.45) is 0 Å². The first kappa shape index (κ1) is 20.7. The van der Waals surface area contributed by atoms with Crippen molar-refractivity contribution in [1.82, 2.24) is 4.90 Å². The minimum absolute atomic E-state index is 0.315. The molecular formula is C22H22Cl2N4O2. The molecule has 3 aromatic carbocycles. The van der Waals surface area contributed by atoms with E-state index in [1.807, 2.05) is 24.3 Å². The van der Waals surface area contributed by atoms with E-state index in [0.29, 0.717) is 28.6 Å². The minimum atomic E-state index is -0.496. The molecule has 0 bridgehead atoms. The Labute approximate surface area is 184 Å². The first-order valence-corrected chi connectivity index (χ1v) is 10.6. The Morgan fingerprint density at radius 3 is 1.97 bits per heavy atom. The second kappa shape index (κ2) is 9.08. The maximum atomic E-state index is 12.0. The Kier molecular flexibility index (Phi) is 6.27. The predicted octanol–water partition coefficient (Wildman–Crippen LogP) is 3.57. The van der Waals surface area contributed by atoms with Gasteiger partial charge < -0.3 is 15.5 Å². The van der Waals surface area contributed by atoms with Crippen LogP contribution >= 0.6 is 23.2 Å². The summed E-state index contributed by atoms with van der Waals surface area (Å²) in [6.45, 7) is 5.14. The fraction of sp³-hybridized carbons (Fsp3) is 0.273. The average molecular weight is 445 g/mol. The molecule has 0 saturated carbocycles. The molecule has 156 valence electrons. The lowest BCUT2D eigenvalue weighted by molar-refractivity contribution is 0.267. The number of halogens is 2. The zero-order chi connectivity index (χ0) is 21.1. The van der Waals surface area contributed by atoms with E-state index >= 15 is 0 Å². The number of benzene rings is 2. The van der Waals surface area contributed by atoms with Crippen LogP contribution in [0, 0.1) is 0 Å². The summed E-state index contributed by atoms with van der Waals surface area (Å²) in [7, 11) is 0. The summed E-state index contributed by atoms with van der Waals surface area (Å²) >= 11 is 11.8. The normalized spacial score (nSPS) is 14.8. The summed E-state index contributed by atoms with van der Waals surface area (Å²) in [6.07, 6.45) is 0.